The molecule has 0 aromatic rings. The zero-order valence-electron chi connectivity index (χ0n) is 1.71. The van der Waals surface area contributed by atoms with Crippen LogP contribution >= 0.6 is 0 Å². The zero-order chi connectivity index (χ0) is 3.58. The molecule has 0 unspecified atom stereocenters. The maximum atomic E-state index is 8.59. The number of rotatable bonds is 0. The van der Waals surface area contributed by atoms with Gasteiger partial charge in [0.25, 0.3) is 11.0 Å². The van der Waals surface area contributed by atoms with Gasteiger partial charge >= 0.3 is 59.1 Å². The van der Waals surface area contributed by atoms with Crippen LogP contribution in [0.5, 0.6) is 0 Å². The van der Waals surface area contributed by atoms with Crippen molar-refractivity contribution in [1.82, 2.24) is 0 Å². The molecular weight excluding hydrogens is 126 g/mol. The van der Waals surface area contributed by atoms with Gasteiger partial charge < -0.3 is 0 Å². The molecule has 0 heterocycles. The molecule has 0 spiro atoms. The van der Waals surface area contributed by atoms with E-state index in [1.165, 1.54) is 0 Å². The number of thiol groups is 1. The van der Waals surface area contributed by atoms with Gasteiger partial charge in [0.15, 0.2) is 0 Å². The average molecular weight is 130 g/mol. The first kappa shape index (κ1) is 15.7. The molecule has 3 nitrogen and oxygen atoms in total. The third-order valence-corrected chi connectivity index (χ3v) is 0. The van der Waals surface area contributed by atoms with E-state index in [2.05, 4.69) is 0 Å². The summed E-state index contributed by atoms with van der Waals surface area (Å²) in [7, 11) is -3.12. The molecule has 0 aromatic carbocycles. The Balaban J connectivity index is -0.0000000450. The molecular formula is H4Na2O3S. The van der Waals surface area contributed by atoms with E-state index in [-0.39, 0.29) is 59.1 Å². The summed E-state index contributed by atoms with van der Waals surface area (Å²) in [6, 6.07) is 0. The van der Waals surface area contributed by atoms with Gasteiger partial charge in [0, 0.05) is 0 Å². The number of hydrogen-bond donors (Lipinski definition) is 2. The molecule has 0 aromatic heterocycles. The molecule has 0 atom stereocenters. The first-order chi connectivity index (χ1) is 1.73. The van der Waals surface area contributed by atoms with E-state index in [9.17, 15) is 0 Å². The molecule has 0 rings (SSSR count). The van der Waals surface area contributed by atoms with Crippen LogP contribution in [0.3, 0.4) is 0 Å². The molecule has 6 heavy (non-hydrogen) atoms. The molecule has 0 saturated carbocycles. The molecule has 1 N–H and O–H groups in total. The van der Waals surface area contributed by atoms with Crippen LogP contribution in [0.2, 0.25) is 0 Å². The monoisotopic (exact) mass is 130 g/mol. The van der Waals surface area contributed by atoms with Crippen LogP contribution in [0.4, 0.5) is 0 Å². The molecule has 30 valence electrons. The zero-order valence-corrected chi connectivity index (χ0v) is 2.61. The third kappa shape index (κ3) is 39.1. The molecule has 6 heteroatoms. The summed E-state index contributed by atoms with van der Waals surface area (Å²) in [5.74, 6) is 0. The third-order valence-electron chi connectivity index (χ3n) is 0. The van der Waals surface area contributed by atoms with Gasteiger partial charge in [-0.15, -0.1) is 0 Å². The molecule has 0 aliphatic heterocycles. The average Bonchev–Trinajstić information content (AvgIpc) is 0.811. The summed E-state index contributed by atoms with van der Waals surface area (Å²) >= 11 is 0. The molecule has 0 fully saturated rings. The Kier molecular flexibility index (Phi) is 26.1. The fraction of sp³-hybridized carbons (Fsp3) is 0. The SMILES string of the molecule is O=[SH](=O)O.[NaH].[NaH]. The van der Waals surface area contributed by atoms with Crippen molar-refractivity contribution in [2.75, 3.05) is 0 Å². The first-order valence-electron chi connectivity index (χ1n) is 0.565. The molecule has 0 radical (unpaired) electrons. The van der Waals surface area contributed by atoms with Crippen LogP contribution in [0, 0.1) is 0 Å². The van der Waals surface area contributed by atoms with Gasteiger partial charge in [0.2, 0.25) is 0 Å². The van der Waals surface area contributed by atoms with Gasteiger partial charge in [-0.2, -0.15) is 0 Å². The summed E-state index contributed by atoms with van der Waals surface area (Å²) in [4.78, 5) is 0. The van der Waals surface area contributed by atoms with Crippen LogP contribution in [0.25, 0.3) is 0 Å². The quantitative estimate of drug-likeness (QED) is 0.222. The van der Waals surface area contributed by atoms with Crippen molar-refractivity contribution in [1.29, 1.82) is 0 Å². The van der Waals surface area contributed by atoms with Crippen LogP contribution in [0.15, 0.2) is 0 Å². The van der Waals surface area contributed by atoms with Gasteiger partial charge in [-0.05, 0) is 0 Å². The second-order valence-electron chi connectivity index (χ2n) is 0.238. The minimum atomic E-state index is -3.12. The van der Waals surface area contributed by atoms with Gasteiger partial charge in [-0.1, -0.05) is 0 Å². The molecule has 0 aliphatic carbocycles. The van der Waals surface area contributed by atoms with Crippen molar-refractivity contribution < 1.29 is 13.0 Å². The Morgan fingerprint density at radius 2 is 1.17 bits per heavy atom. The predicted octanol–water partition coefficient (Wildman–Crippen LogP) is -2.23. The second kappa shape index (κ2) is 10.0. The molecule has 0 bridgehead atoms. The van der Waals surface area contributed by atoms with E-state index in [1.807, 2.05) is 0 Å². The summed E-state index contributed by atoms with van der Waals surface area (Å²) in [6.07, 6.45) is 0. The van der Waals surface area contributed by atoms with Gasteiger partial charge in [0.1, 0.15) is 0 Å². The van der Waals surface area contributed by atoms with E-state index in [0.717, 1.165) is 0 Å². The van der Waals surface area contributed by atoms with Crippen molar-refractivity contribution in [2.24, 2.45) is 0 Å². The van der Waals surface area contributed by atoms with E-state index in [0.29, 0.717) is 0 Å². The number of hydrogen-bond acceptors (Lipinski definition) is 2. The molecule has 0 aliphatic rings. The summed E-state index contributed by atoms with van der Waals surface area (Å²) in [6.45, 7) is 0. The van der Waals surface area contributed by atoms with E-state index >= 15 is 0 Å². The van der Waals surface area contributed by atoms with Crippen molar-refractivity contribution in [3.05, 3.63) is 0 Å². The summed E-state index contributed by atoms with van der Waals surface area (Å²) < 4.78 is 24.2. The van der Waals surface area contributed by atoms with E-state index < -0.39 is 11.0 Å². The fourth-order valence-electron chi connectivity index (χ4n) is 0. The Bertz CT molecular complexity index is 57.2. The van der Waals surface area contributed by atoms with Crippen LogP contribution < -0.4 is 0 Å². The minimum absolute atomic E-state index is 0. The van der Waals surface area contributed by atoms with Gasteiger partial charge in [0.05, 0.1) is 0 Å². The topological polar surface area (TPSA) is 54.4 Å². The summed E-state index contributed by atoms with van der Waals surface area (Å²) in [5, 5.41) is 0. The Morgan fingerprint density at radius 3 is 1.17 bits per heavy atom. The second-order valence-corrected chi connectivity index (χ2v) is 0.714. The van der Waals surface area contributed by atoms with Gasteiger partial charge in [-0.3, -0.25) is 4.55 Å². The van der Waals surface area contributed by atoms with Crippen molar-refractivity contribution >= 4 is 70.1 Å². The van der Waals surface area contributed by atoms with Crippen LogP contribution in [-0.2, 0) is 11.0 Å². The maximum absolute atomic E-state index is 8.59. The molecule has 0 amide bonds. The first-order valence-corrected chi connectivity index (χ1v) is 1.70. The van der Waals surface area contributed by atoms with Gasteiger partial charge in [-0.25, -0.2) is 8.42 Å². The van der Waals surface area contributed by atoms with Crippen LogP contribution in [0.1, 0.15) is 0 Å². The van der Waals surface area contributed by atoms with Crippen molar-refractivity contribution in [2.45, 2.75) is 0 Å². The normalized spacial score (nSPS) is 5.67. The Labute approximate surface area is 81.9 Å². The Hall–Kier alpha value is 1.91. The van der Waals surface area contributed by atoms with E-state index in [4.69, 9.17) is 13.0 Å². The summed E-state index contributed by atoms with van der Waals surface area (Å²) in [5.41, 5.74) is 0. The van der Waals surface area contributed by atoms with Crippen molar-refractivity contribution in [3.8, 4) is 0 Å². The standard InChI is InChI=1S/2Na.H2O3S.2H/c;;1-4(2)3;;/h;;4H,(H,1,2,3);;. The predicted molar refractivity (Wildman–Crippen MR) is 27.2 cm³/mol. The van der Waals surface area contributed by atoms with Crippen molar-refractivity contribution in [3.63, 3.8) is 0 Å². The fourth-order valence-corrected chi connectivity index (χ4v) is 0. The van der Waals surface area contributed by atoms with E-state index in [1.54, 1.807) is 0 Å². The Morgan fingerprint density at radius 1 is 1.17 bits per heavy atom. The van der Waals surface area contributed by atoms with Crippen LogP contribution in [-0.4, -0.2) is 72.1 Å². The molecule has 0 saturated heterocycles.